The fourth-order valence-corrected chi connectivity index (χ4v) is 1.58. The number of nitrogens with one attached hydrogen (secondary N) is 2. The Bertz CT molecular complexity index is 394. The minimum atomic E-state index is -0.110. The smallest absolute Gasteiger partial charge is 0.255 e. The fraction of sp³-hybridized carbons (Fsp3) is 0.571. The van der Waals surface area contributed by atoms with E-state index in [1.165, 1.54) is 0 Å². The zero-order chi connectivity index (χ0) is 14.1. The first-order chi connectivity index (χ1) is 9.15. The summed E-state index contributed by atoms with van der Waals surface area (Å²) in [5.74, 6) is 1.03. The largest absolute Gasteiger partial charge is 0.381 e. The van der Waals surface area contributed by atoms with Gasteiger partial charge in [0, 0.05) is 33.0 Å². The summed E-state index contributed by atoms with van der Waals surface area (Å²) in [6.07, 6.45) is 2.47. The molecule has 0 aliphatic rings. The quantitative estimate of drug-likeness (QED) is 0.705. The lowest BCUT2D eigenvalue weighted by Crippen LogP contribution is -2.26. The lowest BCUT2D eigenvalue weighted by molar-refractivity contribution is 0.0925. The second-order valence-corrected chi connectivity index (χ2v) is 4.73. The third-order valence-electron chi connectivity index (χ3n) is 2.49. The molecule has 0 radical (unpaired) electrons. The zero-order valence-corrected chi connectivity index (χ0v) is 11.9. The highest BCUT2D eigenvalue weighted by atomic mass is 16.5. The van der Waals surface area contributed by atoms with Gasteiger partial charge < -0.3 is 15.4 Å². The van der Waals surface area contributed by atoms with E-state index >= 15 is 0 Å². The maximum absolute atomic E-state index is 11.9. The van der Waals surface area contributed by atoms with Crippen molar-refractivity contribution in [3.05, 3.63) is 23.9 Å². The SMILES string of the molecule is CNc1ncccc1C(=O)NCCCOCC(C)C. The highest BCUT2D eigenvalue weighted by molar-refractivity contribution is 5.98. The Balaban J connectivity index is 2.28. The van der Waals surface area contributed by atoms with Gasteiger partial charge >= 0.3 is 0 Å². The summed E-state index contributed by atoms with van der Waals surface area (Å²) >= 11 is 0. The van der Waals surface area contributed by atoms with Crippen molar-refractivity contribution in [1.29, 1.82) is 0 Å². The van der Waals surface area contributed by atoms with E-state index in [0.717, 1.165) is 13.0 Å². The average molecular weight is 265 g/mol. The van der Waals surface area contributed by atoms with E-state index in [1.807, 2.05) is 0 Å². The number of amides is 1. The van der Waals surface area contributed by atoms with Gasteiger partial charge in [0.25, 0.3) is 5.91 Å². The van der Waals surface area contributed by atoms with Crippen molar-refractivity contribution in [2.45, 2.75) is 20.3 Å². The van der Waals surface area contributed by atoms with E-state index in [1.54, 1.807) is 25.4 Å². The van der Waals surface area contributed by atoms with Gasteiger partial charge in [0.15, 0.2) is 0 Å². The maximum Gasteiger partial charge on any atom is 0.255 e. The summed E-state index contributed by atoms with van der Waals surface area (Å²) in [7, 11) is 1.75. The molecule has 0 saturated heterocycles. The summed E-state index contributed by atoms with van der Waals surface area (Å²) in [4.78, 5) is 16.0. The Labute approximate surface area is 114 Å². The Morgan fingerprint density at radius 2 is 2.26 bits per heavy atom. The molecule has 1 aromatic heterocycles. The second kappa shape index (κ2) is 8.48. The van der Waals surface area contributed by atoms with Crippen LogP contribution in [0.1, 0.15) is 30.6 Å². The fourth-order valence-electron chi connectivity index (χ4n) is 1.58. The van der Waals surface area contributed by atoms with Gasteiger partial charge in [-0.15, -0.1) is 0 Å². The minimum Gasteiger partial charge on any atom is -0.381 e. The molecular formula is C14H23N3O2. The molecule has 0 aromatic carbocycles. The number of pyridine rings is 1. The first-order valence-electron chi connectivity index (χ1n) is 6.64. The number of ether oxygens (including phenoxy) is 1. The summed E-state index contributed by atoms with van der Waals surface area (Å²) in [6.45, 7) is 6.27. The predicted molar refractivity (Wildman–Crippen MR) is 76.4 cm³/mol. The van der Waals surface area contributed by atoms with Gasteiger partial charge in [-0.25, -0.2) is 4.98 Å². The summed E-state index contributed by atoms with van der Waals surface area (Å²) in [5, 5.41) is 5.77. The number of hydrogen-bond donors (Lipinski definition) is 2. The van der Waals surface area contributed by atoms with Crippen LogP contribution in [-0.2, 0) is 4.74 Å². The minimum absolute atomic E-state index is 0.110. The van der Waals surface area contributed by atoms with Crippen LogP contribution in [0.5, 0.6) is 0 Å². The van der Waals surface area contributed by atoms with Crippen molar-refractivity contribution in [1.82, 2.24) is 10.3 Å². The summed E-state index contributed by atoms with van der Waals surface area (Å²) in [5.41, 5.74) is 0.563. The number of hydrogen-bond acceptors (Lipinski definition) is 4. The number of rotatable bonds is 8. The third-order valence-corrected chi connectivity index (χ3v) is 2.49. The molecule has 0 spiro atoms. The molecule has 5 nitrogen and oxygen atoms in total. The van der Waals surface area contributed by atoms with Crippen molar-refractivity contribution in [2.75, 3.05) is 32.1 Å². The molecule has 106 valence electrons. The molecule has 1 aromatic rings. The van der Waals surface area contributed by atoms with Gasteiger partial charge in [-0.2, -0.15) is 0 Å². The van der Waals surface area contributed by atoms with Crippen LogP contribution >= 0.6 is 0 Å². The molecule has 5 heteroatoms. The normalized spacial score (nSPS) is 10.5. The number of carbonyl (C=O) groups excluding carboxylic acids is 1. The lowest BCUT2D eigenvalue weighted by atomic mass is 10.2. The molecule has 1 heterocycles. The van der Waals surface area contributed by atoms with Gasteiger partial charge in [0.2, 0.25) is 0 Å². The van der Waals surface area contributed by atoms with Gasteiger partial charge in [-0.3, -0.25) is 4.79 Å². The monoisotopic (exact) mass is 265 g/mol. The van der Waals surface area contributed by atoms with Crippen molar-refractivity contribution < 1.29 is 9.53 Å². The van der Waals surface area contributed by atoms with Crippen LogP contribution < -0.4 is 10.6 Å². The van der Waals surface area contributed by atoms with Crippen LogP contribution in [0.3, 0.4) is 0 Å². The van der Waals surface area contributed by atoms with E-state index < -0.39 is 0 Å². The Morgan fingerprint density at radius 1 is 1.47 bits per heavy atom. The van der Waals surface area contributed by atoms with Crippen LogP contribution in [0.25, 0.3) is 0 Å². The van der Waals surface area contributed by atoms with Crippen LogP contribution in [-0.4, -0.2) is 37.7 Å². The highest BCUT2D eigenvalue weighted by Gasteiger charge is 2.09. The van der Waals surface area contributed by atoms with Gasteiger partial charge in [-0.1, -0.05) is 13.8 Å². The van der Waals surface area contributed by atoms with Crippen molar-refractivity contribution in [3.63, 3.8) is 0 Å². The molecule has 2 N–H and O–H groups in total. The van der Waals surface area contributed by atoms with E-state index in [4.69, 9.17) is 4.74 Å². The summed E-state index contributed by atoms with van der Waals surface area (Å²) in [6, 6.07) is 3.50. The molecule has 0 aliphatic carbocycles. The van der Waals surface area contributed by atoms with Gasteiger partial charge in [0.1, 0.15) is 5.82 Å². The molecule has 0 atom stereocenters. The maximum atomic E-state index is 11.9. The van der Waals surface area contributed by atoms with E-state index in [2.05, 4.69) is 29.5 Å². The molecule has 1 rings (SSSR count). The molecule has 0 aliphatic heterocycles. The topological polar surface area (TPSA) is 63.2 Å². The Morgan fingerprint density at radius 3 is 2.95 bits per heavy atom. The Hall–Kier alpha value is -1.62. The van der Waals surface area contributed by atoms with Crippen LogP contribution in [0.2, 0.25) is 0 Å². The lowest BCUT2D eigenvalue weighted by Gasteiger charge is -2.09. The number of aromatic nitrogens is 1. The van der Waals surface area contributed by atoms with Crippen molar-refractivity contribution in [2.24, 2.45) is 5.92 Å². The van der Waals surface area contributed by atoms with Gasteiger partial charge in [-0.05, 0) is 24.5 Å². The standard InChI is InChI=1S/C14H23N3O2/c1-11(2)10-19-9-5-8-17-14(18)12-6-4-7-16-13(12)15-3/h4,6-7,11H,5,8-10H2,1-3H3,(H,15,16)(H,17,18). The molecule has 0 fully saturated rings. The van der Waals surface area contributed by atoms with E-state index in [9.17, 15) is 4.79 Å². The van der Waals surface area contributed by atoms with E-state index in [0.29, 0.717) is 30.5 Å². The zero-order valence-electron chi connectivity index (χ0n) is 11.9. The van der Waals surface area contributed by atoms with Crippen LogP contribution in [0, 0.1) is 5.92 Å². The third kappa shape index (κ3) is 5.70. The molecule has 1 amide bonds. The van der Waals surface area contributed by atoms with Crippen molar-refractivity contribution >= 4 is 11.7 Å². The second-order valence-electron chi connectivity index (χ2n) is 4.73. The van der Waals surface area contributed by atoms with Crippen molar-refractivity contribution in [3.8, 4) is 0 Å². The molecule has 0 saturated carbocycles. The molecule has 19 heavy (non-hydrogen) atoms. The number of carbonyl (C=O) groups is 1. The van der Waals surface area contributed by atoms with Crippen LogP contribution in [0.4, 0.5) is 5.82 Å². The number of anilines is 1. The van der Waals surface area contributed by atoms with Gasteiger partial charge in [0.05, 0.1) is 5.56 Å². The Kier molecular flexibility index (Phi) is 6.89. The summed E-state index contributed by atoms with van der Waals surface area (Å²) < 4.78 is 5.45. The predicted octanol–water partition coefficient (Wildman–Crippen LogP) is 1.92. The highest BCUT2D eigenvalue weighted by Crippen LogP contribution is 2.09. The van der Waals surface area contributed by atoms with E-state index in [-0.39, 0.29) is 5.91 Å². The number of nitrogens with zero attached hydrogens (tertiary/aromatic N) is 1. The average Bonchev–Trinajstić information content (AvgIpc) is 2.42. The molecule has 0 unspecified atom stereocenters. The van der Waals surface area contributed by atoms with Crippen LogP contribution in [0.15, 0.2) is 18.3 Å². The first kappa shape index (κ1) is 15.4. The molecule has 0 bridgehead atoms. The molecular weight excluding hydrogens is 242 g/mol. The first-order valence-corrected chi connectivity index (χ1v) is 6.64.